The van der Waals surface area contributed by atoms with E-state index >= 15 is 0 Å². The van der Waals surface area contributed by atoms with Crippen LogP contribution in [0.1, 0.15) is 12.0 Å². The molecule has 1 aliphatic heterocycles. The summed E-state index contributed by atoms with van der Waals surface area (Å²) in [5, 5.41) is 8.92. The second-order valence-electron chi connectivity index (χ2n) is 4.94. The molecule has 1 aromatic rings. The molecule has 1 heterocycles. The van der Waals surface area contributed by atoms with Crippen molar-refractivity contribution in [1.82, 2.24) is 4.90 Å². The molecular formula is C15H19NO4S. The number of nitrogens with zero attached hydrogens (tertiary/aromatic N) is 1. The zero-order valence-electron chi connectivity index (χ0n) is 11.9. The van der Waals surface area contributed by atoms with Crippen molar-refractivity contribution in [2.24, 2.45) is 0 Å². The summed E-state index contributed by atoms with van der Waals surface area (Å²) < 4.78 is 5.28. The van der Waals surface area contributed by atoms with Crippen molar-refractivity contribution < 1.29 is 19.4 Å². The van der Waals surface area contributed by atoms with Gasteiger partial charge in [0, 0.05) is 11.4 Å². The Morgan fingerprint density at radius 1 is 1.38 bits per heavy atom. The first kappa shape index (κ1) is 15.9. The number of thioether (sulfide) groups is 1. The first-order chi connectivity index (χ1) is 10.1. The Morgan fingerprint density at radius 2 is 2.10 bits per heavy atom. The molecule has 1 N–H and O–H groups in total. The number of aliphatic carboxylic acids is 1. The smallest absolute Gasteiger partial charge is 0.305 e. The van der Waals surface area contributed by atoms with Gasteiger partial charge in [-0.3, -0.25) is 9.59 Å². The van der Waals surface area contributed by atoms with E-state index in [1.54, 1.807) is 16.7 Å². The SMILES string of the molecule is CSc1ccc(CC(=O)N2CCOC[C@H]2CC(=O)O)cc1. The average Bonchev–Trinajstić information content (AvgIpc) is 2.48. The van der Waals surface area contributed by atoms with Crippen LogP contribution < -0.4 is 0 Å². The zero-order valence-corrected chi connectivity index (χ0v) is 12.8. The number of amides is 1. The molecule has 1 amide bonds. The van der Waals surface area contributed by atoms with Crippen molar-refractivity contribution >= 4 is 23.6 Å². The summed E-state index contributed by atoms with van der Waals surface area (Å²) in [7, 11) is 0. The number of rotatable bonds is 5. The van der Waals surface area contributed by atoms with Crippen LogP contribution in [0.25, 0.3) is 0 Å². The highest BCUT2D eigenvalue weighted by atomic mass is 32.2. The number of carbonyl (C=O) groups is 2. The molecule has 2 rings (SSSR count). The normalized spacial score (nSPS) is 18.5. The quantitative estimate of drug-likeness (QED) is 0.838. The minimum absolute atomic E-state index is 0.0403. The van der Waals surface area contributed by atoms with Crippen molar-refractivity contribution in [2.75, 3.05) is 26.0 Å². The van der Waals surface area contributed by atoms with Gasteiger partial charge >= 0.3 is 5.97 Å². The molecule has 5 nitrogen and oxygen atoms in total. The Bertz CT molecular complexity index is 503. The third-order valence-corrected chi connectivity index (χ3v) is 4.22. The van der Waals surface area contributed by atoms with E-state index in [1.807, 2.05) is 30.5 Å². The largest absolute Gasteiger partial charge is 0.481 e. The predicted molar refractivity (Wildman–Crippen MR) is 80.5 cm³/mol. The molecule has 1 aromatic carbocycles. The fourth-order valence-electron chi connectivity index (χ4n) is 2.37. The molecule has 1 aliphatic rings. The molecule has 1 saturated heterocycles. The molecular weight excluding hydrogens is 290 g/mol. The first-order valence-electron chi connectivity index (χ1n) is 6.82. The van der Waals surface area contributed by atoms with Gasteiger partial charge in [-0.2, -0.15) is 0 Å². The van der Waals surface area contributed by atoms with E-state index in [-0.39, 0.29) is 18.4 Å². The predicted octanol–water partition coefficient (Wildman–Crippen LogP) is 1.65. The van der Waals surface area contributed by atoms with E-state index < -0.39 is 5.97 Å². The van der Waals surface area contributed by atoms with Gasteiger partial charge in [-0.25, -0.2) is 0 Å². The number of benzene rings is 1. The molecule has 0 bridgehead atoms. The molecule has 1 atom stereocenters. The average molecular weight is 309 g/mol. The van der Waals surface area contributed by atoms with E-state index in [4.69, 9.17) is 9.84 Å². The summed E-state index contributed by atoms with van der Waals surface area (Å²) in [6, 6.07) is 7.49. The fraction of sp³-hybridized carbons (Fsp3) is 0.467. The zero-order chi connectivity index (χ0) is 15.2. The third kappa shape index (κ3) is 4.47. The maximum atomic E-state index is 12.4. The van der Waals surface area contributed by atoms with E-state index in [0.717, 1.165) is 10.5 Å². The van der Waals surface area contributed by atoms with Crippen LogP contribution in [0, 0.1) is 0 Å². The lowest BCUT2D eigenvalue weighted by atomic mass is 10.1. The Hall–Kier alpha value is -1.53. The van der Waals surface area contributed by atoms with Gasteiger partial charge in [0.2, 0.25) is 5.91 Å². The Kier molecular flexibility index (Phi) is 5.64. The van der Waals surface area contributed by atoms with Crippen LogP contribution in [0.5, 0.6) is 0 Å². The van der Waals surface area contributed by atoms with Gasteiger partial charge in [-0.15, -0.1) is 11.8 Å². The highest BCUT2D eigenvalue weighted by molar-refractivity contribution is 7.98. The van der Waals surface area contributed by atoms with Crippen LogP contribution in [0.4, 0.5) is 0 Å². The van der Waals surface area contributed by atoms with Crippen LogP contribution in [-0.2, 0) is 20.7 Å². The molecule has 0 unspecified atom stereocenters. The van der Waals surface area contributed by atoms with Gasteiger partial charge in [-0.1, -0.05) is 12.1 Å². The molecule has 6 heteroatoms. The third-order valence-electron chi connectivity index (χ3n) is 3.47. The van der Waals surface area contributed by atoms with Crippen molar-refractivity contribution in [3.8, 4) is 0 Å². The standard InChI is InChI=1S/C15H19NO4S/c1-21-13-4-2-11(3-5-13)8-14(17)16-6-7-20-10-12(16)9-15(18)19/h2-5,12H,6-10H2,1H3,(H,18,19)/t12-/m1/s1. The fourth-order valence-corrected chi connectivity index (χ4v) is 2.78. The molecule has 0 aliphatic carbocycles. The molecule has 1 fully saturated rings. The lowest BCUT2D eigenvalue weighted by Crippen LogP contribution is -2.50. The molecule has 0 saturated carbocycles. The summed E-state index contributed by atoms with van der Waals surface area (Å²) in [4.78, 5) is 26.0. The second-order valence-corrected chi connectivity index (χ2v) is 5.82. The number of carboxylic acids is 1. The van der Waals surface area contributed by atoms with Crippen molar-refractivity contribution in [3.05, 3.63) is 29.8 Å². The highest BCUT2D eigenvalue weighted by Gasteiger charge is 2.28. The van der Waals surface area contributed by atoms with Gasteiger partial charge in [0.1, 0.15) is 0 Å². The van der Waals surface area contributed by atoms with E-state index in [2.05, 4.69) is 0 Å². The summed E-state index contributed by atoms with van der Waals surface area (Å²) in [6.07, 6.45) is 2.23. The maximum Gasteiger partial charge on any atom is 0.305 e. The summed E-state index contributed by atoms with van der Waals surface area (Å²) in [5.74, 6) is -0.950. The topological polar surface area (TPSA) is 66.8 Å². The van der Waals surface area contributed by atoms with E-state index in [9.17, 15) is 9.59 Å². The van der Waals surface area contributed by atoms with Crippen LogP contribution in [0.2, 0.25) is 0 Å². The molecule has 21 heavy (non-hydrogen) atoms. The van der Waals surface area contributed by atoms with Crippen molar-refractivity contribution in [2.45, 2.75) is 23.8 Å². The summed E-state index contributed by atoms with van der Waals surface area (Å²) in [6.45, 7) is 1.22. The minimum Gasteiger partial charge on any atom is -0.481 e. The van der Waals surface area contributed by atoms with E-state index in [0.29, 0.717) is 26.2 Å². The van der Waals surface area contributed by atoms with Crippen LogP contribution in [0.3, 0.4) is 0 Å². The molecule has 114 valence electrons. The van der Waals surface area contributed by atoms with Gasteiger partial charge in [0.05, 0.1) is 32.1 Å². The maximum absolute atomic E-state index is 12.4. The van der Waals surface area contributed by atoms with Crippen molar-refractivity contribution in [1.29, 1.82) is 0 Å². The Labute approximate surface area is 128 Å². The van der Waals surface area contributed by atoms with Gasteiger partial charge in [-0.05, 0) is 24.0 Å². The van der Waals surface area contributed by atoms with E-state index in [1.165, 1.54) is 0 Å². The van der Waals surface area contributed by atoms with Crippen LogP contribution in [0.15, 0.2) is 29.2 Å². The second kappa shape index (κ2) is 7.47. The minimum atomic E-state index is -0.910. The molecule has 0 radical (unpaired) electrons. The first-order valence-corrected chi connectivity index (χ1v) is 8.04. The number of ether oxygens (including phenoxy) is 1. The Morgan fingerprint density at radius 3 is 2.71 bits per heavy atom. The summed E-state index contributed by atoms with van der Waals surface area (Å²) >= 11 is 1.65. The van der Waals surface area contributed by atoms with Crippen LogP contribution in [-0.4, -0.2) is 53.9 Å². The highest BCUT2D eigenvalue weighted by Crippen LogP contribution is 2.17. The lowest BCUT2D eigenvalue weighted by Gasteiger charge is -2.35. The molecule has 0 spiro atoms. The monoisotopic (exact) mass is 309 g/mol. The van der Waals surface area contributed by atoms with Crippen molar-refractivity contribution in [3.63, 3.8) is 0 Å². The lowest BCUT2D eigenvalue weighted by molar-refractivity contribution is -0.145. The summed E-state index contributed by atoms with van der Waals surface area (Å²) in [5.41, 5.74) is 0.943. The van der Waals surface area contributed by atoms with Gasteiger partial charge in [0.15, 0.2) is 0 Å². The number of hydrogen-bond acceptors (Lipinski definition) is 4. The number of carboxylic acid groups (broad SMARTS) is 1. The van der Waals surface area contributed by atoms with Gasteiger partial charge in [0.25, 0.3) is 0 Å². The Balaban J connectivity index is 2.00. The molecule has 0 aromatic heterocycles. The van der Waals surface area contributed by atoms with Crippen LogP contribution >= 0.6 is 11.8 Å². The number of morpholine rings is 1. The number of hydrogen-bond donors (Lipinski definition) is 1. The van der Waals surface area contributed by atoms with Gasteiger partial charge < -0.3 is 14.7 Å². The number of carbonyl (C=O) groups excluding carboxylic acids is 1.